The van der Waals surface area contributed by atoms with Crippen molar-refractivity contribution < 1.29 is 0 Å². The van der Waals surface area contributed by atoms with Gasteiger partial charge in [-0.2, -0.15) is 7.99 Å². The fourth-order valence-corrected chi connectivity index (χ4v) is 5.13. The zero-order valence-corrected chi connectivity index (χ0v) is 12.0. The fourth-order valence-electron chi connectivity index (χ4n) is 0.816. The normalized spacial score (nSPS) is 15.9. The first-order chi connectivity index (χ1) is 5.18. The Morgan fingerprint density at radius 1 is 1.55 bits per heavy atom. The molecule has 2 heterocycles. The van der Waals surface area contributed by atoms with Crippen LogP contribution in [0.25, 0.3) is 0 Å². The van der Waals surface area contributed by atoms with Crippen LogP contribution in [0.2, 0.25) is 0 Å². The molecule has 11 heavy (non-hydrogen) atoms. The molecule has 0 amide bonds. The van der Waals surface area contributed by atoms with Crippen molar-refractivity contribution in [3.63, 3.8) is 0 Å². The van der Waals surface area contributed by atoms with E-state index in [1.807, 2.05) is 0 Å². The first-order valence-corrected chi connectivity index (χ1v) is 7.06. The highest BCUT2D eigenvalue weighted by atomic mass is 127. The van der Waals surface area contributed by atoms with Gasteiger partial charge in [0.1, 0.15) is 11.2 Å². The van der Waals surface area contributed by atoms with Gasteiger partial charge in [0, 0.05) is 13.1 Å². The zero-order valence-electron chi connectivity index (χ0n) is 5.55. The lowest BCUT2D eigenvalue weighted by Gasteiger charge is -2.07. The fraction of sp³-hybridized carbons (Fsp3) is 0.200. The number of aromatic nitrogens is 2. The molecule has 0 saturated carbocycles. The average molecular weight is 487 g/mol. The summed E-state index contributed by atoms with van der Waals surface area (Å²) in [7, 11) is 2.10. The number of nitrogens with zero attached hydrogens (tertiary/aromatic N) is 3. The summed E-state index contributed by atoms with van der Waals surface area (Å²) < 4.78 is 4.65. The molecule has 0 aromatic carbocycles. The SMILES string of the molecule is CN1C(I)=In2nc(I)cc21. The average Bonchev–Trinajstić information content (AvgIpc) is 2.37. The molecule has 0 unspecified atom stereocenters. The van der Waals surface area contributed by atoms with Crippen molar-refractivity contribution in [2.75, 3.05) is 11.9 Å². The predicted molar refractivity (Wildman–Crippen MR) is 71.8 cm³/mol. The number of hydrogen-bond acceptors (Lipinski definition) is 2. The highest BCUT2D eigenvalue weighted by Gasteiger charge is 2.18. The van der Waals surface area contributed by atoms with Gasteiger partial charge < -0.3 is 4.90 Å². The van der Waals surface area contributed by atoms with Crippen LogP contribution < -0.4 is 4.90 Å². The van der Waals surface area contributed by atoms with Crippen LogP contribution >= 0.6 is 66.2 Å². The van der Waals surface area contributed by atoms with Gasteiger partial charge in [-0.1, -0.05) is 0 Å². The second-order valence-electron chi connectivity index (χ2n) is 2.07. The lowest BCUT2D eigenvalue weighted by atomic mass is 10.6. The molecule has 0 aliphatic carbocycles. The molecule has 60 valence electrons. The summed E-state index contributed by atoms with van der Waals surface area (Å²) in [6.45, 7) is 0. The van der Waals surface area contributed by atoms with Crippen LogP contribution in [0.15, 0.2) is 6.07 Å². The lowest BCUT2D eigenvalue weighted by Crippen LogP contribution is -2.15. The van der Waals surface area contributed by atoms with Crippen LogP contribution in [-0.4, -0.2) is 16.7 Å². The van der Waals surface area contributed by atoms with E-state index in [2.05, 4.69) is 71.2 Å². The molecule has 6 heteroatoms. The smallest absolute Gasteiger partial charge is 0.143 e. The molecule has 0 atom stereocenters. The molecule has 1 aromatic rings. The molecule has 0 fully saturated rings. The minimum Gasteiger partial charge on any atom is -0.318 e. The van der Waals surface area contributed by atoms with Crippen LogP contribution in [0.4, 0.5) is 5.82 Å². The lowest BCUT2D eigenvalue weighted by molar-refractivity contribution is 1.02. The molecule has 1 aromatic heterocycles. The van der Waals surface area contributed by atoms with Crippen molar-refractivity contribution in [1.82, 2.24) is 7.99 Å². The molecule has 0 radical (unpaired) electrons. The van der Waals surface area contributed by atoms with Gasteiger partial charge in [-0.25, -0.2) is 0 Å². The number of anilines is 1. The molecular formula is C5H4I3N3. The van der Waals surface area contributed by atoms with Crippen molar-refractivity contribution in [2.45, 2.75) is 0 Å². The summed E-state index contributed by atoms with van der Waals surface area (Å²) in [6.07, 6.45) is 0. The maximum atomic E-state index is 4.38. The van der Waals surface area contributed by atoms with Gasteiger partial charge in [0.25, 0.3) is 0 Å². The van der Waals surface area contributed by atoms with Crippen LogP contribution in [0.5, 0.6) is 0 Å². The summed E-state index contributed by atoms with van der Waals surface area (Å²) in [5.74, 6) is 1.24. The van der Waals surface area contributed by atoms with Crippen molar-refractivity contribution in [3.8, 4) is 0 Å². The molecule has 0 spiro atoms. The Hall–Kier alpha value is 1.07. The Morgan fingerprint density at radius 2 is 2.27 bits per heavy atom. The van der Waals surface area contributed by atoms with E-state index < -0.39 is 0 Å². The van der Waals surface area contributed by atoms with Gasteiger partial charge in [0.2, 0.25) is 0 Å². The predicted octanol–water partition coefficient (Wildman–Crippen LogP) is 2.19. The molecule has 3 nitrogen and oxygen atoms in total. The highest BCUT2D eigenvalue weighted by molar-refractivity contribution is 14.2. The molecule has 0 N–H and O–H groups in total. The third-order valence-electron chi connectivity index (χ3n) is 1.37. The Balaban J connectivity index is 2.56. The van der Waals surface area contributed by atoms with Crippen molar-refractivity contribution in [3.05, 3.63) is 9.77 Å². The molecule has 0 bridgehead atoms. The standard InChI is InChI=1S/C5H4I3N3/c1-10-4-2-3(6)9-11(4)8-5(10)7/h2H,1H3. The Kier molecular flexibility index (Phi) is 2.43. The molecule has 2 rings (SSSR count). The maximum Gasteiger partial charge on any atom is 0.143 e. The van der Waals surface area contributed by atoms with E-state index in [-0.39, 0.29) is 21.0 Å². The van der Waals surface area contributed by atoms with Gasteiger partial charge in [-0.15, -0.1) is 0 Å². The topological polar surface area (TPSA) is 21.1 Å². The summed E-state index contributed by atoms with van der Waals surface area (Å²) >= 11 is 4.61. The summed E-state index contributed by atoms with van der Waals surface area (Å²) in [5.41, 5.74) is 0. The van der Waals surface area contributed by atoms with Crippen LogP contribution in [0.1, 0.15) is 0 Å². The van der Waals surface area contributed by atoms with Gasteiger partial charge in [0.15, 0.2) is 0 Å². The first-order valence-electron chi connectivity index (χ1n) is 2.85. The van der Waals surface area contributed by atoms with E-state index in [0.717, 1.165) is 3.70 Å². The Labute approximate surface area is 102 Å². The number of rotatable bonds is 0. The Morgan fingerprint density at radius 3 is 2.91 bits per heavy atom. The van der Waals surface area contributed by atoms with Crippen LogP contribution in [-0.2, 0) is 0 Å². The number of hydrogen-bond donors (Lipinski definition) is 0. The maximum absolute atomic E-state index is 4.38. The molecule has 1 aliphatic rings. The summed E-state index contributed by atoms with van der Waals surface area (Å²) in [6, 6.07) is 2.12. The van der Waals surface area contributed by atoms with Crippen LogP contribution in [0.3, 0.4) is 0 Å². The van der Waals surface area contributed by atoms with Gasteiger partial charge in [-0.05, 0) is 45.2 Å². The van der Waals surface area contributed by atoms with Gasteiger partial charge in [-0.3, -0.25) is 0 Å². The van der Waals surface area contributed by atoms with E-state index in [1.165, 1.54) is 7.46 Å². The second-order valence-corrected chi connectivity index (χ2v) is 8.68. The largest absolute Gasteiger partial charge is 0.318 e. The second kappa shape index (κ2) is 3.09. The third-order valence-corrected chi connectivity index (χ3v) is 6.13. The van der Waals surface area contributed by atoms with E-state index in [9.17, 15) is 0 Å². The van der Waals surface area contributed by atoms with Crippen molar-refractivity contribution >= 4 is 73.6 Å². The minimum atomic E-state index is -0.0297. The molecular weight excluding hydrogens is 483 g/mol. The van der Waals surface area contributed by atoms with Crippen molar-refractivity contribution in [1.29, 1.82) is 0 Å². The summed E-state index contributed by atoms with van der Waals surface area (Å²) in [4.78, 5) is 2.21. The molecule has 1 aliphatic heterocycles. The van der Waals surface area contributed by atoms with Gasteiger partial charge in [0.05, 0.1) is 21.0 Å². The van der Waals surface area contributed by atoms with Crippen LogP contribution in [0, 0.1) is 3.70 Å². The monoisotopic (exact) mass is 487 g/mol. The Bertz CT molecular complexity index is 330. The number of fused-ring (bicyclic) bond motifs is 1. The summed E-state index contributed by atoms with van der Waals surface area (Å²) in [5, 5.41) is 4.38. The third kappa shape index (κ3) is 1.45. The highest BCUT2D eigenvalue weighted by Crippen LogP contribution is 2.31. The van der Waals surface area contributed by atoms with E-state index in [1.54, 1.807) is 0 Å². The van der Waals surface area contributed by atoms with Crippen molar-refractivity contribution in [2.24, 2.45) is 0 Å². The molecule has 0 saturated heterocycles. The van der Waals surface area contributed by atoms with Gasteiger partial charge >= 0.3 is 0 Å². The number of halogens is 3. The quantitative estimate of drug-likeness (QED) is 0.414. The van der Waals surface area contributed by atoms with E-state index in [0.29, 0.717) is 0 Å². The zero-order chi connectivity index (χ0) is 8.01. The first kappa shape index (κ1) is 8.66. The van der Waals surface area contributed by atoms with E-state index in [4.69, 9.17) is 0 Å². The van der Waals surface area contributed by atoms with E-state index >= 15 is 0 Å². The minimum absolute atomic E-state index is 0.0297.